The molecule has 88 valence electrons. The number of carboxylic acids is 2. The lowest BCUT2D eigenvalue weighted by Gasteiger charge is -1.79. The Labute approximate surface area is 93.1 Å². The predicted molar refractivity (Wildman–Crippen MR) is 65.2 cm³/mol. The molecule has 0 unspecified atom stereocenters. The first kappa shape index (κ1) is 19.2. The molecule has 0 fully saturated rings. The maximum Gasteiger partial charge on any atom is 0.330 e. The van der Waals surface area contributed by atoms with E-state index < -0.39 is 11.9 Å². The first-order valence-corrected chi connectivity index (χ1v) is 7.31. The number of carbonyl (C=O) groups is 2. The highest BCUT2D eigenvalue weighted by atomic mass is 28.2. The Morgan fingerprint density at radius 1 is 0.933 bits per heavy atom. The Hall–Kier alpha value is -1.36. The maximum atomic E-state index is 9.60. The van der Waals surface area contributed by atoms with Crippen LogP contribution in [0.15, 0.2) is 24.3 Å². The van der Waals surface area contributed by atoms with E-state index in [-0.39, 0.29) is 11.1 Å². The van der Waals surface area contributed by atoms with Gasteiger partial charge in [-0.05, 0) is 13.8 Å². The normalized spacial score (nSPS) is 7.20. The zero-order valence-corrected chi connectivity index (χ0v) is 11.2. The van der Waals surface area contributed by atoms with E-state index in [4.69, 9.17) is 10.2 Å². The molecule has 15 heavy (non-hydrogen) atoms. The topological polar surface area (TPSA) is 74.6 Å². The summed E-state index contributed by atoms with van der Waals surface area (Å²) in [4.78, 5) is 19.2. The predicted octanol–water partition coefficient (Wildman–Crippen LogP) is 1.55. The van der Waals surface area contributed by atoms with E-state index in [2.05, 4.69) is 26.3 Å². The van der Waals surface area contributed by atoms with Gasteiger partial charge in [-0.2, -0.15) is 0 Å². The van der Waals surface area contributed by atoms with Gasteiger partial charge in [-0.3, -0.25) is 0 Å². The second kappa shape index (κ2) is 12.6. The third kappa shape index (κ3) is 32.5. The Bertz CT molecular complexity index is 186. The zero-order chi connectivity index (χ0) is 13.0. The minimum absolute atomic E-state index is 0.176. The van der Waals surface area contributed by atoms with E-state index in [0.717, 1.165) is 0 Å². The molecule has 0 heterocycles. The number of aliphatic carboxylic acids is 2. The Balaban J connectivity index is -0.000000153. The molecule has 2 N–H and O–H groups in total. The average molecular weight is 232 g/mol. The lowest BCUT2D eigenvalue weighted by Crippen LogP contribution is -1.92. The number of hydrogen-bond acceptors (Lipinski definition) is 2. The fourth-order valence-corrected chi connectivity index (χ4v) is 0. The zero-order valence-electron chi connectivity index (χ0n) is 9.83. The molecular weight excluding hydrogens is 212 g/mol. The van der Waals surface area contributed by atoms with Crippen molar-refractivity contribution in [1.29, 1.82) is 0 Å². The molecule has 0 amide bonds. The van der Waals surface area contributed by atoms with Crippen molar-refractivity contribution in [2.75, 3.05) is 0 Å². The minimum Gasteiger partial charge on any atom is -0.478 e. The third-order valence-corrected chi connectivity index (χ3v) is 0.730. The summed E-state index contributed by atoms with van der Waals surface area (Å²) < 4.78 is 0. The van der Waals surface area contributed by atoms with Crippen LogP contribution >= 0.6 is 0 Å². The van der Waals surface area contributed by atoms with Crippen LogP contribution in [0.25, 0.3) is 0 Å². The fourth-order valence-electron chi connectivity index (χ4n) is 0. The molecule has 0 atom stereocenters. The van der Waals surface area contributed by atoms with Crippen LogP contribution in [0.5, 0.6) is 0 Å². The summed E-state index contributed by atoms with van der Waals surface area (Å²) in [5.74, 6) is -1.87. The summed E-state index contributed by atoms with van der Waals surface area (Å²) in [5.41, 5.74) is 0.352. The van der Waals surface area contributed by atoms with Gasteiger partial charge in [-0.15, -0.1) is 0 Å². The second-order valence-electron chi connectivity index (χ2n) is 2.88. The lowest BCUT2D eigenvalue weighted by atomic mass is 10.4. The quantitative estimate of drug-likeness (QED) is 0.559. The highest BCUT2D eigenvalue weighted by Gasteiger charge is 1.90. The van der Waals surface area contributed by atoms with Crippen LogP contribution < -0.4 is 0 Å². The minimum atomic E-state index is -0.935. The SMILES string of the molecule is C=C(C)C(=O)O.C=C(C)C(=O)O.C[SiH2]C. The number of rotatable bonds is 2. The Morgan fingerprint density at radius 3 is 1.00 bits per heavy atom. The molecule has 0 aromatic heterocycles. The van der Waals surface area contributed by atoms with Crippen LogP contribution in [0, 0.1) is 0 Å². The van der Waals surface area contributed by atoms with Crippen LogP contribution in [-0.2, 0) is 9.59 Å². The Morgan fingerprint density at radius 2 is 1.00 bits per heavy atom. The summed E-state index contributed by atoms with van der Waals surface area (Å²) >= 11 is 0. The summed E-state index contributed by atoms with van der Waals surface area (Å²) in [6.07, 6.45) is 0. The van der Waals surface area contributed by atoms with E-state index in [0.29, 0.717) is 9.52 Å². The van der Waals surface area contributed by atoms with Gasteiger partial charge in [-0.25, -0.2) is 9.59 Å². The summed E-state index contributed by atoms with van der Waals surface area (Å²) in [7, 11) is 0.417. The monoisotopic (exact) mass is 232 g/mol. The largest absolute Gasteiger partial charge is 0.478 e. The van der Waals surface area contributed by atoms with Crippen LogP contribution in [0.4, 0.5) is 0 Å². The molecule has 0 aliphatic heterocycles. The molecule has 0 aromatic rings. The van der Waals surface area contributed by atoms with Gasteiger partial charge in [0.05, 0.1) is 0 Å². The number of hydrogen-bond donors (Lipinski definition) is 2. The molecule has 0 bridgehead atoms. The van der Waals surface area contributed by atoms with Crippen molar-refractivity contribution >= 4 is 21.5 Å². The van der Waals surface area contributed by atoms with Gasteiger partial charge in [0.1, 0.15) is 0 Å². The van der Waals surface area contributed by atoms with E-state index in [1.54, 1.807) is 0 Å². The second-order valence-corrected chi connectivity index (χ2v) is 4.29. The van der Waals surface area contributed by atoms with Crippen molar-refractivity contribution in [2.45, 2.75) is 26.9 Å². The molecule has 0 aliphatic carbocycles. The van der Waals surface area contributed by atoms with Gasteiger partial charge in [0.25, 0.3) is 0 Å². The third-order valence-electron chi connectivity index (χ3n) is 0.730. The molecule has 0 radical (unpaired) electrons. The van der Waals surface area contributed by atoms with Gasteiger partial charge in [0.2, 0.25) is 0 Å². The fraction of sp³-hybridized carbons (Fsp3) is 0.400. The van der Waals surface area contributed by atoms with Gasteiger partial charge >= 0.3 is 11.9 Å². The van der Waals surface area contributed by atoms with Gasteiger partial charge in [-0.1, -0.05) is 26.3 Å². The highest BCUT2D eigenvalue weighted by Crippen LogP contribution is 1.81. The first-order valence-electron chi connectivity index (χ1n) is 4.48. The van der Waals surface area contributed by atoms with Crippen molar-refractivity contribution in [3.8, 4) is 0 Å². The van der Waals surface area contributed by atoms with Crippen molar-refractivity contribution in [1.82, 2.24) is 0 Å². The van der Waals surface area contributed by atoms with E-state index >= 15 is 0 Å². The van der Waals surface area contributed by atoms with Crippen LogP contribution in [0.1, 0.15) is 13.8 Å². The van der Waals surface area contributed by atoms with Crippen LogP contribution in [0.3, 0.4) is 0 Å². The smallest absolute Gasteiger partial charge is 0.330 e. The van der Waals surface area contributed by atoms with Crippen LogP contribution in [0.2, 0.25) is 13.1 Å². The molecule has 0 aromatic carbocycles. The van der Waals surface area contributed by atoms with Crippen molar-refractivity contribution in [2.24, 2.45) is 0 Å². The van der Waals surface area contributed by atoms with Gasteiger partial charge < -0.3 is 10.2 Å². The molecular formula is C10H20O4Si. The molecule has 0 spiro atoms. The van der Waals surface area contributed by atoms with E-state index in [1.807, 2.05) is 0 Å². The highest BCUT2D eigenvalue weighted by molar-refractivity contribution is 6.31. The summed E-state index contributed by atoms with van der Waals surface area (Å²) in [6, 6.07) is 0. The molecule has 0 rings (SSSR count). The molecule has 5 heteroatoms. The summed E-state index contributed by atoms with van der Waals surface area (Å²) in [5, 5.41) is 15.8. The maximum absolute atomic E-state index is 9.60. The van der Waals surface area contributed by atoms with Crippen molar-refractivity contribution in [3.63, 3.8) is 0 Å². The molecule has 0 saturated carbocycles. The summed E-state index contributed by atoms with van der Waals surface area (Å²) in [6.45, 7) is 13.7. The molecule has 0 aliphatic rings. The van der Waals surface area contributed by atoms with E-state index in [1.165, 1.54) is 13.8 Å². The Kier molecular flexibility index (Phi) is 16.2. The van der Waals surface area contributed by atoms with Crippen molar-refractivity contribution in [3.05, 3.63) is 24.3 Å². The van der Waals surface area contributed by atoms with E-state index in [9.17, 15) is 9.59 Å². The molecule has 4 nitrogen and oxygen atoms in total. The molecule has 0 saturated heterocycles. The first-order chi connectivity index (χ1) is 6.70. The van der Waals surface area contributed by atoms with Gasteiger partial charge in [0.15, 0.2) is 0 Å². The number of carboxylic acid groups (broad SMARTS) is 2. The average Bonchev–Trinajstić information content (AvgIpc) is 2.06. The van der Waals surface area contributed by atoms with Crippen LogP contribution in [-0.4, -0.2) is 31.7 Å². The van der Waals surface area contributed by atoms with Gasteiger partial charge in [0, 0.05) is 20.7 Å². The van der Waals surface area contributed by atoms with Crippen molar-refractivity contribution < 1.29 is 19.8 Å². The lowest BCUT2D eigenvalue weighted by molar-refractivity contribution is -0.133. The standard InChI is InChI=1S/2C4H6O2.C2H8Si/c2*1-3(2)4(5)6;1-3-2/h2*1H2,2H3,(H,5,6);3H2,1-2H3.